The van der Waals surface area contributed by atoms with Crippen molar-refractivity contribution in [3.8, 4) is 0 Å². The molecule has 4 rings (SSSR count). The van der Waals surface area contributed by atoms with Crippen molar-refractivity contribution in [1.82, 2.24) is 9.88 Å². The zero-order valence-electron chi connectivity index (χ0n) is 13.6. The van der Waals surface area contributed by atoms with Gasteiger partial charge in [0, 0.05) is 46.2 Å². The largest absolute Gasteiger partial charge is 0.358 e. The quantitative estimate of drug-likeness (QED) is 0.690. The molecule has 0 radical (unpaired) electrons. The molecule has 1 aliphatic rings. The van der Waals surface area contributed by atoms with Gasteiger partial charge in [0.05, 0.1) is 0 Å². The summed E-state index contributed by atoms with van der Waals surface area (Å²) in [5, 5.41) is 1.80. The molecule has 1 atom stereocenters. The Morgan fingerprint density at radius 2 is 1.96 bits per heavy atom. The van der Waals surface area contributed by atoms with Gasteiger partial charge in [-0.15, -0.1) is 0 Å². The molecule has 1 N–H and O–H groups in total. The minimum absolute atomic E-state index is 0.0381. The third-order valence-electron chi connectivity index (χ3n) is 4.84. The summed E-state index contributed by atoms with van der Waals surface area (Å²) in [6.07, 6.45) is 1.99. The number of aromatic nitrogens is 1. The van der Waals surface area contributed by atoms with Crippen molar-refractivity contribution in [3.63, 3.8) is 0 Å². The summed E-state index contributed by atoms with van der Waals surface area (Å²) in [4.78, 5) is 18.0. The lowest BCUT2D eigenvalue weighted by Crippen LogP contribution is -2.39. The van der Waals surface area contributed by atoms with Crippen molar-refractivity contribution in [3.05, 3.63) is 70.6 Å². The Bertz CT molecular complexity index is 919. The number of fused-ring (bicyclic) bond motifs is 1. The second-order valence-corrected chi connectivity index (χ2v) is 6.99. The van der Waals surface area contributed by atoms with E-state index in [2.05, 4.69) is 11.1 Å². The van der Waals surface area contributed by atoms with Gasteiger partial charge in [-0.3, -0.25) is 4.79 Å². The number of likely N-dealkylation sites (tertiary alicyclic amines) is 1. The van der Waals surface area contributed by atoms with Crippen LogP contribution in [-0.4, -0.2) is 28.9 Å². The van der Waals surface area contributed by atoms with Crippen molar-refractivity contribution in [2.45, 2.75) is 18.8 Å². The third kappa shape index (κ3) is 3.27. The number of carbonyl (C=O) groups is 1. The molecule has 128 valence electrons. The van der Waals surface area contributed by atoms with Crippen molar-refractivity contribution < 1.29 is 9.18 Å². The molecule has 1 fully saturated rings. The van der Waals surface area contributed by atoms with E-state index in [0.29, 0.717) is 12.1 Å². The zero-order valence-corrected chi connectivity index (χ0v) is 14.4. The number of hydrogen-bond donors (Lipinski definition) is 1. The Morgan fingerprint density at radius 1 is 1.16 bits per heavy atom. The molecule has 0 spiro atoms. The Hall–Kier alpha value is -2.33. The van der Waals surface area contributed by atoms with Crippen molar-refractivity contribution >= 4 is 28.4 Å². The SMILES string of the molecule is O=C(c1ccc(F)cc1)N1CCCC(c2cc3cc(Cl)ccc3[nH]2)C1. The molecule has 1 unspecified atom stereocenters. The lowest BCUT2D eigenvalue weighted by atomic mass is 9.94. The summed E-state index contributed by atoms with van der Waals surface area (Å²) in [6, 6.07) is 13.7. The predicted molar refractivity (Wildman–Crippen MR) is 97.6 cm³/mol. The Kier molecular flexibility index (Phi) is 4.22. The Balaban J connectivity index is 1.55. The van der Waals surface area contributed by atoms with Gasteiger partial charge in [0.2, 0.25) is 0 Å². The van der Waals surface area contributed by atoms with Crippen LogP contribution in [0.2, 0.25) is 5.02 Å². The van der Waals surface area contributed by atoms with E-state index in [1.54, 1.807) is 12.1 Å². The van der Waals surface area contributed by atoms with Crippen molar-refractivity contribution in [1.29, 1.82) is 0 Å². The molecule has 3 nitrogen and oxygen atoms in total. The first kappa shape index (κ1) is 16.2. The van der Waals surface area contributed by atoms with Gasteiger partial charge in [-0.2, -0.15) is 0 Å². The van der Waals surface area contributed by atoms with E-state index in [1.807, 2.05) is 23.1 Å². The van der Waals surface area contributed by atoms with Gasteiger partial charge >= 0.3 is 0 Å². The number of piperidine rings is 1. The molecule has 2 heterocycles. The van der Waals surface area contributed by atoms with Crippen LogP contribution in [0.1, 0.15) is 34.8 Å². The summed E-state index contributed by atoms with van der Waals surface area (Å²) in [7, 11) is 0. The molecule has 1 saturated heterocycles. The molecule has 2 aromatic carbocycles. The number of carbonyl (C=O) groups excluding carboxylic acids is 1. The summed E-state index contributed by atoms with van der Waals surface area (Å²) in [6.45, 7) is 1.40. The van der Waals surface area contributed by atoms with Crippen molar-refractivity contribution in [2.75, 3.05) is 13.1 Å². The number of halogens is 2. The van der Waals surface area contributed by atoms with E-state index in [-0.39, 0.29) is 17.6 Å². The van der Waals surface area contributed by atoms with Gasteiger partial charge in [0.1, 0.15) is 5.82 Å². The van der Waals surface area contributed by atoms with Crippen LogP contribution < -0.4 is 0 Å². The molecular weight excluding hydrogens is 339 g/mol. The highest BCUT2D eigenvalue weighted by Crippen LogP contribution is 2.30. The van der Waals surface area contributed by atoms with Gasteiger partial charge in [-0.25, -0.2) is 4.39 Å². The normalized spacial score (nSPS) is 17.8. The molecule has 5 heteroatoms. The minimum atomic E-state index is -0.329. The zero-order chi connectivity index (χ0) is 17.4. The smallest absolute Gasteiger partial charge is 0.253 e. The molecule has 1 aliphatic heterocycles. The molecule has 0 bridgehead atoms. The van der Waals surface area contributed by atoms with E-state index in [0.717, 1.165) is 41.0 Å². The lowest BCUT2D eigenvalue weighted by molar-refractivity contribution is 0.0706. The lowest BCUT2D eigenvalue weighted by Gasteiger charge is -2.32. The average Bonchev–Trinajstić information content (AvgIpc) is 3.05. The number of aromatic amines is 1. The van der Waals surface area contributed by atoms with E-state index in [9.17, 15) is 9.18 Å². The predicted octanol–water partition coefficient (Wildman–Crippen LogP) is 4.98. The molecular formula is C20H18ClFN2O. The summed E-state index contributed by atoms with van der Waals surface area (Å²) in [5.41, 5.74) is 2.72. The maximum Gasteiger partial charge on any atom is 0.253 e. The van der Waals surface area contributed by atoms with Crippen LogP contribution in [0.15, 0.2) is 48.5 Å². The molecule has 1 aromatic heterocycles. The van der Waals surface area contributed by atoms with E-state index < -0.39 is 0 Å². The maximum absolute atomic E-state index is 13.1. The fourth-order valence-electron chi connectivity index (χ4n) is 3.54. The summed E-state index contributed by atoms with van der Waals surface area (Å²) >= 11 is 6.06. The number of nitrogens with zero attached hydrogens (tertiary/aromatic N) is 1. The molecule has 25 heavy (non-hydrogen) atoms. The Morgan fingerprint density at radius 3 is 2.76 bits per heavy atom. The highest BCUT2D eigenvalue weighted by molar-refractivity contribution is 6.31. The number of hydrogen-bond acceptors (Lipinski definition) is 1. The molecule has 3 aromatic rings. The van der Waals surface area contributed by atoms with Crippen LogP contribution in [0.25, 0.3) is 10.9 Å². The van der Waals surface area contributed by atoms with Gasteiger partial charge in [0.15, 0.2) is 0 Å². The van der Waals surface area contributed by atoms with Crippen LogP contribution in [-0.2, 0) is 0 Å². The van der Waals surface area contributed by atoms with Gasteiger partial charge in [-0.05, 0) is 61.4 Å². The monoisotopic (exact) mass is 356 g/mol. The van der Waals surface area contributed by atoms with Crippen LogP contribution in [0.3, 0.4) is 0 Å². The number of nitrogens with one attached hydrogen (secondary N) is 1. The first-order chi connectivity index (χ1) is 12.1. The molecule has 1 amide bonds. The fraction of sp³-hybridized carbons (Fsp3) is 0.250. The summed E-state index contributed by atoms with van der Waals surface area (Å²) in [5.74, 6) is -0.0991. The average molecular weight is 357 g/mol. The molecule has 0 aliphatic carbocycles. The first-order valence-electron chi connectivity index (χ1n) is 8.43. The van der Waals surface area contributed by atoms with Crippen LogP contribution >= 0.6 is 11.6 Å². The second kappa shape index (κ2) is 6.52. The van der Waals surface area contributed by atoms with Crippen LogP contribution in [0, 0.1) is 5.82 Å². The Labute approximate surface area is 150 Å². The van der Waals surface area contributed by atoms with Gasteiger partial charge < -0.3 is 9.88 Å². The number of amides is 1. The number of benzene rings is 2. The minimum Gasteiger partial charge on any atom is -0.358 e. The van der Waals surface area contributed by atoms with Gasteiger partial charge in [-0.1, -0.05) is 11.6 Å². The van der Waals surface area contributed by atoms with E-state index in [4.69, 9.17) is 11.6 Å². The highest BCUT2D eigenvalue weighted by atomic mass is 35.5. The fourth-order valence-corrected chi connectivity index (χ4v) is 3.72. The topological polar surface area (TPSA) is 36.1 Å². The number of H-pyrrole nitrogens is 1. The van der Waals surface area contributed by atoms with E-state index >= 15 is 0 Å². The standard InChI is InChI=1S/C20H18ClFN2O/c21-16-5-8-18-15(10-16)11-19(23-18)14-2-1-9-24(12-14)20(25)13-3-6-17(22)7-4-13/h3-8,10-11,14,23H,1-2,9,12H2. The second-order valence-electron chi connectivity index (χ2n) is 6.55. The summed E-state index contributed by atoms with van der Waals surface area (Å²) < 4.78 is 13.1. The van der Waals surface area contributed by atoms with Crippen molar-refractivity contribution in [2.24, 2.45) is 0 Å². The molecule has 0 saturated carbocycles. The van der Waals surface area contributed by atoms with Gasteiger partial charge in [0.25, 0.3) is 5.91 Å². The third-order valence-corrected chi connectivity index (χ3v) is 5.08. The highest BCUT2D eigenvalue weighted by Gasteiger charge is 2.26. The first-order valence-corrected chi connectivity index (χ1v) is 8.81. The van der Waals surface area contributed by atoms with Crippen LogP contribution in [0.4, 0.5) is 4.39 Å². The maximum atomic E-state index is 13.1. The van der Waals surface area contributed by atoms with Crippen LogP contribution in [0.5, 0.6) is 0 Å². The van der Waals surface area contributed by atoms with E-state index in [1.165, 1.54) is 12.1 Å². The number of rotatable bonds is 2.